The Morgan fingerprint density at radius 3 is 2.85 bits per heavy atom. The van der Waals surface area contributed by atoms with Crippen LogP contribution >= 0.6 is 43.2 Å². The highest BCUT2D eigenvalue weighted by molar-refractivity contribution is 9.11. The van der Waals surface area contributed by atoms with Gasteiger partial charge in [-0.05, 0) is 27.6 Å². The van der Waals surface area contributed by atoms with Crippen molar-refractivity contribution in [3.05, 3.63) is 27.5 Å². The van der Waals surface area contributed by atoms with Crippen LogP contribution in [0, 0.1) is 0 Å². The quantitative estimate of drug-likeness (QED) is 0.778. The second-order valence-corrected chi connectivity index (χ2v) is 5.55. The lowest BCUT2D eigenvalue weighted by Crippen LogP contribution is -1.75. The number of fused-ring (bicyclic) bond motifs is 1. The molecule has 0 aliphatic carbocycles. The van der Waals surface area contributed by atoms with Crippen molar-refractivity contribution in [2.75, 3.05) is 0 Å². The average Bonchev–Trinajstić information content (AvgIpc) is 2.43. The van der Waals surface area contributed by atoms with Gasteiger partial charge in [0.15, 0.2) is 0 Å². The summed E-state index contributed by atoms with van der Waals surface area (Å²) >= 11 is 8.31. The first-order valence-corrected chi connectivity index (χ1v) is 6.42. The van der Waals surface area contributed by atoms with Gasteiger partial charge in [0.1, 0.15) is 9.54 Å². The zero-order chi connectivity index (χ0) is 9.42. The van der Waals surface area contributed by atoms with Gasteiger partial charge in [0, 0.05) is 15.4 Å². The molecule has 0 saturated carbocycles. The van der Waals surface area contributed by atoms with Crippen molar-refractivity contribution in [2.24, 2.45) is 0 Å². The van der Waals surface area contributed by atoms with Gasteiger partial charge in [-0.2, -0.15) is 0 Å². The highest BCUT2D eigenvalue weighted by Crippen LogP contribution is 2.42. The highest BCUT2D eigenvalue weighted by Gasteiger charge is 2.10. The second-order valence-electron chi connectivity index (χ2n) is 2.65. The first-order chi connectivity index (χ1) is 6.24. The van der Waals surface area contributed by atoms with Crippen molar-refractivity contribution >= 4 is 53.3 Å². The van der Waals surface area contributed by atoms with E-state index >= 15 is 0 Å². The number of hydrogen-bond donors (Lipinski definition) is 1. The van der Waals surface area contributed by atoms with E-state index in [4.69, 9.17) is 0 Å². The molecule has 0 fully saturated rings. The largest absolute Gasteiger partial charge is 0.505 e. The van der Waals surface area contributed by atoms with Crippen LogP contribution in [0.25, 0.3) is 10.1 Å². The molecule has 0 saturated heterocycles. The molecule has 0 aliphatic heterocycles. The van der Waals surface area contributed by atoms with Crippen LogP contribution in [0.15, 0.2) is 22.0 Å². The summed E-state index contributed by atoms with van der Waals surface area (Å²) in [5, 5.41) is 11.4. The SMILES string of the molecule is Oc1c(Br)sc2c(CBr)cccc12. The Morgan fingerprint density at radius 1 is 1.38 bits per heavy atom. The third-order valence-electron chi connectivity index (χ3n) is 1.87. The van der Waals surface area contributed by atoms with Crippen molar-refractivity contribution < 1.29 is 5.11 Å². The summed E-state index contributed by atoms with van der Waals surface area (Å²) in [6, 6.07) is 5.94. The minimum absolute atomic E-state index is 0.350. The number of aromatic hydroxyl groups is 1. The van der Waals surface area contributed by atoms with E-state index < -0.39 is 0 Å². The van der Waals surface area contributed by atoms with Crippen LogP contribution in [0.2, 0.25) is 0 Å². The predicted octanol–water partition coefficient (Wildman–Crippen LogP) is 4.26. The molecule has 0 bridgehead atoms. The Balaban J connectivity index is 2.84. The van der Waals surface area contributed by atoms with Crippen molar-refractivity contribution in [1.29, 1.82) is 0 Å². The molecule has 68 valence electrons. The maximum atomic E-state index is 9.67. The molecule has 0 radical (unpaired) electrons. The lowest BCUT2D eigenvalue weighted by molar-refractivity contribution is 0.481. The molecule has 13 heavy (non-hydrogen) atoms. The Morgan fingerprint density at radius 2 is 2.15 bits per heavy atom. The maximum Gasteiger partial charge on any atom is 0.148 e. The van der Waals surface area contributed by atoms with E-state index in [-0.39, 0.29) is 0 Å². The standard InChI is InChI=1S/C9H6Br2OS/c10-4-5-2-1-3-6-7(12)9(11)13-8(5)6/h1-3,12H,4H2. The Bertz CT molecular complexity index is 450. The van der Waals surface area contributed by atoms with Crippen LogP contribution in [0.4, 0.5) is 0 Å². The second kappa shape index (κ2) is 3.59. The molecule has 1 heterocycles. The van der Waals surface area contributed by atoms with Gasteiger partial charge in [0.05, 0.1) is 0 Å². The fourth-order valence-corrected chi connectivity index (χ4v) is 3.52. The number of hydrogen-bond acceptors (Lipinski definition) is 2. The first-order valence-electron chi connectivity index (χ1n) is 3.69. The Kier molecular flexibility index (Phi) is 2.62. The van der Waals surface area contributed by atoms with Gasteiger partial charge in [-0.3, -0.25) is 0 Å². The molecule has 0 aliphatic rings. The minimum Gasteiger partial charge on any atom is -0.505 e. The van der Waals surface area contributed by atoms with Crippen molar-refractivity contribution in [3.63, 3.8) is 0 Å². The molecule has 0 amide bonds. The van der Waals surface area contributed by atoms with Crippen molar-refractivity contribution in [2.45, 2.75) is 5.33 Å². The zero-order valence-electron chi connectivity index (χ0n) is 6.55. The minimum atomic E-state index is 0.350. The zero-order valence-corrected chi connectivity index (χ0v) is 10.5. The maximum absolute atomic E-state index is 9.67. The molecular formula is C9H6Br2OS. The van der Waals surface area contributed by atoms with E-state index in [0.29, 0.717) is 5.75 Å². The summed E-state index contributed by atoms with van der Waals surface area (Å²) in [5.41, 5.74) is 1.21. The van der Waals surface area contributed by atoms with Crippen molar-refractivity contribution in [1.82, 2.24) is 0 Å². The van der Waals surface area contributed by atoms with E-state index in [1.54, 1.807) is 11.3 Å². The summed E-state index contributed by atoms with van der Waals surface area (Å²) in [7, 11) is 0. The number of benzene rings is 1. The summed E-state index contributed by atoms with van der Waals surface area (Å²) in [6.07, 6.45) is 0. The predicted molar refractivity (Wildman–Crippen MR) is 63.8 cm³/mol. The Labute approximate surface area is 96.6 Å². The molecule has 0 spiro atoms. The first kappa shape index (κ1) is 9.49. The van der Waals surface area contributed by atoms with Gasteiger partial charge < -0.3 is 5.11 Å². The fraction of sp³-hybridized carbons (Fsp3) is 0.111. The number of halogens is 2. The monoisotopic (exact) mass is 320 g/mol. The molecule has 0 atom stereocenters. The lowest BCUT2D eigenvalue weighted by atomic mass is 10.2. The molecule has 1 aromatic carbocycles. The molecular weight excluding hydrogens is 316 g/mol. The molecule has 1 N–H and O–H groups in total. The van der Waals surface area contributed by atoms with E-state index in [9.17, 15) is 5.11 Å². The molecule has 2 aromatic rings. The van der Waals surface area contributed by atoms with Gasteiger partial charge in [-0.15, -0.1) is 11.3 Å². The number of alkyl halides is 1. The van der Waals surface area contributed by atoms with Crippen LogP contribution in [-0.4, -0.2) is 5.11 Å². The third-order valence-corrected chi connectivity index (χ3v) is 4.40. The Hall–Kier alpha value is -0.0600. The summed E-state index contributed by atoms with van der Waals surface area (Å²) < 4.78 is 1.94. The van der Waals surface area contributed by atoms with Gasteiger partial charge in [0.2, 0.25) is 0 Å². The van der Waals surface area contributed by atoms with Crippen LogP contribution < -0.4 is 0 Å². The van der Waals surface area contributed by atoms with Gasteiger partial charge in [0.25, 0.3) is 0 Å². The summed E-state index contributed by atoms with van der Waals surface area (Å²) in [5.74, 6) is 0.350. The molecule has 1 aromatic heterocycles. The third kappa shape index (κ3) is 1.51. The van der Waals surface area contributed by atoms with Crippen LogP contribution in [0.1, 0.15) is 5.56 Å². The topological polar surface area (TPSA) is 20.2 Å². The number of rotatable bonds is 1. The molecule has 2 rings (SSSR count). The fourth-order valence-electron chi connectivity index (χ4n) is 1.24. The molecule has 0 unspecified atom stereocenters. The van der Waals surface area contributed by atoms with Crippen molar-refractivity contribution in [3.8, 4) is 5.75 Å². The average molecular weight is 322 g/mol. The van der Waals surface area contributed by atoms with E-state index in [1.807, 2.05) is 12.1 Å². The van der Waals surface area contributed by atoms with E-state index in [2.05, 4.69) is 37.9 Å². The van der Waals surface area contributed by atoms with Crippen LogP contribution in [0.3, 0.4) is 0 Å². The normalized spacial score (nSPS) is 10.9. The number of thiophene rings is 1. The highest BCUT2D eigenvalue weighted by atomic mass is 79.9. The van der Waals surface area contributed by atoms with Gasteiger partial charge in [-0.25, -0.2) is 0 Å². The van der Waals surface area contributed by atoms with Gasteiger partial charge in [-0.1, -0.05) is 28.1 Å². The molecule has 4 heteroatoms. The smallest absolute Gasteiger partial charge is 0.148 e. The van der Waals surface area contributed by atoms with E-state index in [0.717, 1.165) is 19.2 Å². The summed E-state index contributed by atoms with van der Waals surface area (Å²) in [4.78, 5) is 0. The summed E-state index contributed by atoms with van der Waals surface area (Å²) in [6.45, 7) is 0. The van der Waals surface area contributed by atoms with Crippen LogP contribution in [0.5, 0.6) is 5.75 Å². The molecule has 1 nitrogen and oxygen atoms in total. The lowest BCUT2D eigenvalue weighted by Gasteiger charge is -1.96. The van der Waals surface area contributed by atoms with Gasteiger partial charge >= 0.3 is 0 Å². The van der Waals surface area contributed by atoms with Crippen LogP contribution in [-0.2, 0) is 5.33 Å². The van der Waals surface area contributed by atoms with E-state index in [1.165, 1.54) is 5.56 Å².